The van der Waals surface area contributed by atoms with Gasteiger partial charge in [0, 0.05) is 35.6 Å². The maximum Gasteiger partial charge on any atom is 0.291 e. The molecule has 0 radical (unpaired) electrons. The number of hydrogen-bond donors (Lipinski definition) is 2. The number of aryl methyl sites for hydroxylation is 1. The van der Waals surface area contributed by atoms with Crippen LogP contribution in [0.15, 0.2) is 88.2 Å². The van der Waals surface area contributed by atoms with Crippen LogP contribution in [0.1, 0.15) is 27.4 Å². The lowest BCUT2D eigenvalue weighted by Gasteiger charge is -2.21. The summed E-state index contributed by atoms with van der Waals surface area (Å²) in [5, 5.41) is 5.93. The summed E-state index contributed by atoms with van der Waals surface area (Å²) in [5.41, 5.74) is 3.65. The van der Waals surface area contributed by atoms with E-state index in [1.807, 2.05) is 23.6 Å². The van der Waals surface area contributed by atoms with E-state index >= 15 is 0 Å². The zero-order valence-corrected chi connectivity index (χ0v) is 27.1. The summed E-state index contributed by atoms with van der Waals surface area (Å²) in [6.07, 6.45) is 6.19. The highest BCUT2D eigenvalue weighted by atomic mass is 79.9. The average molecular weight is 711 g/mol. The first-order valence-electron chi connectivity index (χ1n) is 13.5. The lowest BCUT2D eigenvalue weighted by molar-refractivity contribution is -0.122. The van der Waals surface area contributed by atoms with Gasteiger partial charge in [0.15, 0.2) is 17.2 Å². The number of imidazole rings is 1. The smallest absolute Gasteiger partial charge is 0.291 e. The Morgan fingerprint density at radius 3 is 2.60 bits per heavy atom. The van der Waals surface area contributed by atoms with Crippen molar-refractivity contribution >= 4 is 80.0 Å². The van der Waals surface area contributed by atoms with E-state index in [1.54, 1.807) is 67.7 Å². The molecule has 2 N–H and O–H groups in total. The molecule has 45 heavy (non-hydrogen) atoms. The maximum atomic E-state index is 12.9. The Bertz CT molecular complexity index is 1910. The number of likely N-dealkylation sites (N-methyl/N-ethyl adjacent to an activating group) is 1. The van der Waals surface area contributed by atoms with Gasteiger partial charge in [-0.1, -0.05) is 35.3 Å². The largest absolute Gasteiger partial charge is 0.485 e. The topological polar surface area (TPSA) is 118 Å². The second-order valence-electron chi connectivity index (χ2n) is 9.76. The Kier molecular flexibility index (Phi) is 9.92. The SMILES string of the molecule is Cc1nc2c(OCc3c(Cl)ccc(N(C)C(=O)CNC(=O)C=Cc4ccc(NC(=O)c5ccco5)cc4)c3Cl)cccn2c1Br. The summed E-state index contributed by atoms with van der Waals surface area (Å²) in [6.45, 7) is 1.66. The molecule has 0 saturated heterocycles. The van der Waals surface area contributed by atoms with Crippen LogP contribution in [0.5, 0.6) is 5.75 Å². The Hall–Kier alpha value is -4.58. The number of benzene rings is 2. The van der Waals surface area contributed by atoms with Gasteiger partial charge in [0.2, 0.25) is 11.8 Å². The minimum Gasteiger partial charge on any atom is -0.485 e. The van der Waals surface area contributed by atoms with Crippen LogP contribution < -0.4 is 20.3 Å². The summed E-state index contributed by atoms with van der Waals surface area (Å²) >= 11 is 16.7. The highest BCUT2D eigenvalue weighted by molar-refractivity contribution is 9.10. The molecule has 0 aliphatic heterocycles. The molecule has 0 saturated carbocycles. The molecule has 0 atom stereocenters. The van der Waals surface area contributed by atoms with Gasteiger partial charge in [-0.2, -0.15) is 0 Å². The lowest BCUT2D eigenvalue weighted by atomic mass is 10.2. The Balaban J connectivity index is 1.16. The van der Waals surface area contributed by atoms with Crippen LogP contribution in [0, 0.1) is 6.92 Å². The van der Waals surface area contributed by atoms with Gasteiger partial charge in [0.05, 0.1) is 29.2 Å². The van der Waals surface area contributed by atoms with E-state index in [0.29, 0.717) is 33.4 Å². The first-order chi connectivity index (χ1) is 21.6. The summed E-state index contributed by atoms with van der Waals surface area (Å²) in [4.78, 5) is 43.4. The fourth-order valence-corrected chi connectivity index (χ4v) is 5.27. The van der Waals surface area contributed by atoms with Gasteiger partial charge in [-0.05, 0) is 83.0 Å². The normalized spacial score (nSPS) is 11.1. The highest BCUT2D eigenvalue weighted by Crippen LogP contribution is 2.35. The van der Waals surface area contributed by atoms with E-state index < -0.39 is 11.8 Å². The number of amides is 3. The van der Waals surface area contributed by atoms with Crippen molar-refractivity contribution in [3.8, 4) is 5.75 Å². The van der Waals surface area contributed by atoms with E-state index in [2.05, 4.69) is 31.5 Å². The lowest BCUT2D eigenvalue weighted by Crippen LogP contribution is -2.37. The number of hydrogen-bond acceptors (Lipinski definition) is 6. The molecular weight excluding hydrogens is 685 g/mol. The van der Waals surface area contributed by atoms with Crippen molar-refractivity contribution < 1.29 is 23.5 Å². The van der Waals surface area contributed by atoms with Crippen molar-refractivity contribution in [1.29, 1.82) is 0 Å². The summed E-state index contributed by atoms with van der Waals surface area (Å²) in [5.74, 6) is -0.484. The maximum absolute atomic E-state index is 12.9. The number of aromatic nitrogens is 2. The predicted molar refractivity (Wildman–Crippen MR) is 177 cm³/mol. The minimum atomic E-state index is -0.460. The van der Waals surface area contributed by atoms with Gasteiger partial charge >= 0.3 is 0 Å². The molecule has 0 unspecified atom stereocenters. The minimum absolute atomic E-state index is 0.0373. The standard InChI is InChI=1S/C32H26BrCl2N5O5/c1-19-30(33)40-15-3-5-25(31(40)37-19)45-18-22-23(34)12-13-24(29(22)35)39(2)28(42)17-36-27(41)14-9-20-7-10-21(11-8-20)38-32(43)26-6-4-16-44-26/h3-16H,17-18H2,1-2H3,(H,36,41)(H,38,43). The molecule has 13 heteroatoms. The molecule has 10 nitrogen and oxygen atoms in total. The molecule has 3 aromatic heterocycles. The van der Waals surface area contributed by atoms with Crippen molar-refractivity contribution in [3.63, 3.8) is 0 Å². The number of furan rings is 1. The van der Waals surface area contributed by atoms with Crippen molar-refractivity contribution in [2.24, 2.45) is 0 Å². The molecule has 0 spiro atoms. The molecule has 5 rings (SSSR count). The number of rotatable bonds is 10. The second-order valence-corrected chi connectivity index (χ2v) is 11.3. The van der Waals surface area contributed by atoms with E-state index in [1.165, 1.54) is 17.2 Å². The monoisotopic (exact) mass is 709 g/mol. The highest BCUT2D eigenvalue weighted by Gasteiger charge is 2.20. The van der Waals surface area contributed by atoms with Crippen LogP contribution in [0.4, 0.5) is 11.4 Å². The number of carbonyl (C=O) groups excluding carboxylic acids is 3. The van der Waals surface area contributed by atoms with E-state index in [9.17, 15) is 14.4 Å². The number of fused-ring (bicyclic) bond motifs is 1. The molecule has 2 aromatic carbocycles. The number of nitrogens with one attached hydrogen (secondary N) is 2. The third-order valence-electron chi connectivity index (χ3n) is 6.74. The number of pyridine rings is 1. The van der Waals surface area contributed by atoms with Crippen LogP contribution in [-0.4, -0.2) is 40.7 Å². The van der Waals surface area contributed by atoms with Gasteiger partial charge in [-0.3, -0.25) is 18.8 Å². The Morgan fingerprint density at radius 2 is 1.87 bits per heavy atom. The molecule has 230 valence electrons. The molecule has 0 bridgehead atoms. The average Bonchev–Trinajstić information content (AvgIpc) is 3.68. The number of halogens is 3. The van der Waals surface area contributed by atoms with Crippen molar-refractivity contribution in [3.05, 3.63) is 116 Å². The van der Waals surface area contributed by atoms with Crippen molar-refractivity contribution in [1.82, 2.24) is 14.7 Å². The molecule has 5 aromatic rings. The Morgan fingerprint density at radius 1 is 1.09 bits per heavy atom. The number of anilines is 2. The van der Waals surface area contributed by atoms with Crippen LogP contribution in [0.3, 0.4) is 0 Å². The van der Waals surface area contributed by atoms with E-state index in [4.69, 9.17) is 32.4 Å². The first kappa shape index (κ1) is 31.8. The third kappa shape index (κ3) is 7.39. The molecular formula is C32H26BrCl2N5O5. The van der Waals surface area contributed by atoms with Crippen LogP contribution in [-0.2, 0) is 16.2 Å². The summed E-state index contributed by atoms with van der Waals surface area (Å²) in [6, 6.07) is 17.0. The van der Waals surface area contributed by atoms with Crippen LogP contribution in [0.2, 0.25) is 10.0 Å². The number of ether oxygens (including phenoxy) is 1. The van der Waals surface area contributed by atoms with Gasteiger partial charge in [-0.15, -0.1) is 0 Å². The molecule has 3 heterocycles. The van der Waals surface area contributed by atoms with Gasteiger partial charge < -0.3 is 24.7 Å². The number of nitrogens with zero attached hydrogens (tertiary/aromatic N) is 3. The molecule has 0 aliphatic rings. The third-order valence-corrected chi connectivity index (χ3v) is 8.47. The fourth-order valence-electron chi connectivity index (χ4n) is 4.29. The molecule has 0 fully saturated rings. The van der Waals surface area contributed by atoms with Crippen LogP contribution >= 0.6 is 39.1 Å². The molecule has 3 amide bonds. The number of carbonyl (C=O) groups is 3. The summed E-state index contributed by atoms with van der Waals surface area (Å²) < 4.78 is 13.8. The van der Waals surface area contributed by atoms with Gasteiger partial charge in [0.1, 0.15) is 11.2 Å². The first-order valence-corrected chi connectivity index (χ1v) is 15.1. The van der Waals surface area contributed by atoms with E-state index in [-0.39, 0.29) is 29.8 Å². The van der Waals surface area contributed by atoms with Crippen LogP contribution in [0.25, 0.3) is 11.7 Å². The van der Waals surface area contributed by atoms with Crippen molar-refractivity contribution in [2.45, 2.75) is 13.5 Å². The van der Waals surface area contributed by atoms with Gasteiger partial charge in [-0.25, -0.2) is 4.98 Å². The quantitative estimate of drug-likeness (QED) is 0.152. The Labute approximate surface area is 276 Å². The van der Waals surface area contributed by atoms with Crippen molar-refractivity contribution in [2.75, 3.05) is 23.8 Å². The van der Waals surface area contributed by atoms with Gasteiger partial charge in [0.25, 0.3) is 5.91 Å². The predicted octanol–water partition coefficient (Wildman–Crippen LogP) is 6.93. The second kappa shape index (κ2) is 14.0. The fraction of sp³-hybridized carbons (Fsp3) is 0.125. The van der Waals surface area contributed by atoms with E-state index in [0.717, 1.165) is 15.9 Å². The zero-order chi connectivity index (χ0) is 32.1. The molecule has 0 aliphatic carbocycles. The summed E-state index contributed by atoms with van der Waals surface area (Å²) in [7, 11) is 1.56. The zero-order valence-electron chi connectivity index (χ0n) is 24.0.